The highest BCUT2D eigenvalue weighted by molar-refractivity contribution is 7.99. The monoisotopic (exact) mass is 214 g/mol. The normalized spacial score (nSPS) is 18.0. The Morgan fingerprint density at radius 1 is 1.07 bits per heavy atom. The first kappa shape index (κ1) is 9.29. The molecule has 0 bridgehead atoms. The van der Waals surface area contributed by atoms with Crippen LogP contribution in [0.25, 0.3) is 10.8 Å². The van der Waals surface area contributed by atoms with Crippen molar-refractivity contribution in [1.82, 2.24) is 0 Å². The Bertz CT molecular complexity index is 521. The molecule has 2 aromatic carbocycles. The molecule has 0 radical (unpaired) electrons. The van der Waals surface area contributed by atoms with Crippen molar-refractivity contribution in [1.29, 1.82) is 0 Å². The molecule has 2 aromatic rings. The van der Waals surface area contributed by atoms with E-state index in [4.69, 9.17) is 0 Å². The maximum absolute atomic E-state index is 2.34. The van der Waals surface area contributed by atoms with E-state index in [2.05, 4.69) is 50.2 Å². The third-order valence-electron chi connectivity index (χ3n) is 3.18. The SMILES string of the molecule is CC1(C)CSc2cccc3cccc1c23. The van der Waals surface area contributed by atoms with Crippen molar-refractivity contribution in [3.8, 4) is 0 Å². The van der Waals surface area contributed by atoms with Crippen molar-refractivity contribution in [2.24, 2.45) is 0 Å². The van der Waals surface area contributed by atoms with Crippen LogP contribution in [-0.4, -0.2) is 5.75 Å². The van der Waals surface area contributed by atoms with Crippen molar-refractivity contribution in [2.45, 2.75) is 24.2 Å². The molecular formula is C14H14S. The van der Waals surface area contributed by atoms with Gasteiger partial charge in [-0.3, -0.25) is 0 Å². The van der Waals surface area contributed by atoms with E-state index in [0.717, 1.165) is 0 Å². The topological polar surface area (TPSA) is 0 Å². The maximum Gasteiger partial charge on any atom is 0.0154 e. The number of hydrogen-bond donors (Lipinski definition) is 0. The van der Waals surface area contributed by atoms with Crippen LogP contribution in [0, 0.1) is 0 Å². The molecule has 1 aliphatic rings. The average Bonchev–Trinajstić information content (AvgIpc) is 2.24. The lowest BCUT2D eigenvalue weighted by Crippen LogP contribution is -2.23. The summed E-state index contributed by atoms with van der Waals surface area (Å²) < 4.78 is 0. The average molecular weight is 214 g/mol. The van der Waals surface area contributed by atoms with Crippen LogP contribution in [-0.2, 0) is 5.41 Å². The van der Waals surface area contributed by atoms with Crippen LogP contribution < -0.4 is 0 Å². The summed E-state index contributed by atoms with van der Waals surface area (Å²) in [5.74, 6) is 1.18. The number of rotatable bonds is 0. The van der Waals surface area contributed by atoms with E-state index in [1.54, 1.807) is 0 Å². The van der Waals surface area contributed by atoms with Crippen LogP contribution in [0.5, 0.6) is 0 Å². The van der Waals surface area contributed by atoms with Crippen LogP contribution in [0.15, 0.2) is 41.3 Å². The van der Waals surface area contributed by atoms with Gasteiger partial charge in [-0.25, -0.2) is 0 Å². The first-order valence-electron chi connectivity index (χ1n) is 5.33. The molecule has 1 aliphatic heterocycles. The molecule has 15 heavy (non-hydrogen) atoms. The molecule has 0 fully saturated rings. The van der Waals surface area contributed by atoms with Crippen molar-refractivity contribution in [3.05, 3.63) is 42.0 Å². The lowest BCUT2D eigenvalue weighted by Gasteiger charge is -2.31. The maximum atomic E-state index is 2.34. The van der Waals surface area contributed by atoms with Gasteiger partial charge in [-0.1, -0.05) is 44.2 Å². The molecule has 0 nitrogen and oxygen atoms in total. The zero-order valence-corrected chi connectivity index (χ0v) is 9.90. The molecule has 0 spiro atoms. The van der Waals surface area contributed by atoms with Crippen LogP contribution in [0.3, 0.4) is 0 Å². The third kappa shape index (κ3) is 1.30. The van der Waals surface area contributed by atoms with Gasteiger partial charge in [-0.15, -0.1) is 11.8 Å². The molecule has 0 aromatic heterocycles. The third-order valence-corrected chi connectivity index (χ3v) is 4.70. The summed E-state index contributed by atoms with van der Waals surface area (Å²) in [6.45, 7) is 4.68. The summed E-state index contributed by atoms with van der Waals surface area (Å²) in [7, 11) is 0. The van der Waals surface area contributed by atoms with Gasteiger partial charge >= 0.3 is 0 Å². The van der Waals surface area contributed by atoms with Crippen molar-refractivity contribution in [3.63, 3.8) is 0 Å². The van der Waals surface area contributed by atoms with Gasteiger partial charge in [0.05, 0.1) is 0 Å². The summed E-state index contributed by atoms with van der Waals surface area (Å²) in [5.41, 5.74) is 1.81. The molecule has 0 aliphatic carbocycles. The standard InChI is InChI=1S/C14H14S/c1-14(2)9-15-12-8-4-6-10-5-3-7-11(14)13(10)12/h3-8H,9H2,1-2H3. The predicted octanol–water partition coefficient (Wildman–Crippen LogP) is 4.22. The van der Waals surface area contributed by atoms with Crippen LogP contribution in [0.4, 0.5) is 0 Å². The van der Waals surface area contributed by atoms with Crippen LogP contribution in [0.1, 0.15) is 19.4 Å². The molecule has 76 valence electrons. The van der Waals surface area contributed by atoms with Gasteiger partial charge in [0.2, 0.25) is 0 Å². The van der Waals surface area contributed by atoms with Gasteiger partial charge in [0.15, 0.2) is 0 Å². The van der Waals surface area contributed by atoms with Crippen LogP contribution in [0.2, 0.25) is 0 Å². The minimum Gasteiger partial charge on any atom is -0.125 e. The minimum atomic E-state index is 0.304. The van der Waals surface area contributed by atoms with E-state index >= 15 is 0 Å². The Balaban J connectivity index is 2.47. The fourth-order valence-electron chi connectivity index (χ4n) is 2.33. The van der Waals surface area contributed by atoms with Crippen molar-refractivity contribution in [2.75, 3.05) is 5.75 Å². The molecular weight excluding hydrogens is 200 g/mol. The Morgan fingerprint density at radius 2 is 1.80 bits per heavy atom. The van der Waals surface area contributed by atoms with Gasteiger partial charge < -0.3 is 0 Å². The molecule has 3 rings (SSSR count). The second-order valence-electron chi connectivity index (χ2n) is 4.83. The lowest BCUT2D eigenvalue weighted by molar-refractivity contribution is 0.603. The summed E-state index contributed by atoms with van der Waals surface area (Å²) in [6.07, 6.45) is 0. The zero-order valence-electron chi connectivity index (χ0n) is 9.08. The molecule has 0 N–H and O–H groups in total. The van der Waals surface area contributed by atoms with E-state index in [0.29, 0.717) is 5.41 Å². The summed E-state index contributed by atoms with van der Waals surface area (Å²) in [4.78, 5) is 1.45. The van der Waals surface area contributed by atoms with Crippen LogP contribution >= 0.6 is 11.8 Å². The molecule has 1 heteroatoms. The summed E-state index contributed by atoms with van der Waals surface area (Å²) in [5, 5.41) is 2.85. The molecule has 0 atom stereocenters. The van der Waals surface area contributed by atoms with Gasteiger partial charge in [-0.2, -0.15) is 0 Å². The Kier molecular flexibility index (Phi) is 1.87. The first-order valence-corrected chi connectivity index (χ1v) is 6.32. The second kappa shape index (κ2) is 3.02. The molecule has 1 heterocycles. The molecule has 0 saturated heterocycles. The number of hydrogen-bond acceptors (Lipinski definition) is 1. The van der Waals surface area contributed by atoms with E-state index in [9.17, 15) is 0 Å². The minimum absolute atomic E-state index is 0.304. The predicted molar refractivity (Wildman–Crippen MR) is 67.7 cm³/mol. The summed E-state index contributed by atoms with van der Waals surface area (Å²) >= 11 is 1.99. The quantitative estimate of drug-likeness (QED) is 0.632. The number of thioether (sulfide) groups is 1. The Hall–Kier alpha value is -0.950. The van der Waals surface area contributed by atoms with E-state index in [1.807, 2.05) is 11.8 Å². The fraction of sp³-hybridized carbons (Fsp3) is 0.286. The highest BCUT2D eigenvalue weighted by Crippen LogP contribution is 2.43. The molecule has 0 unspecified atom stereocenters. The van der Waals surface area contributed by atoms with E-state index < -0.39 is 0 Å². The smallest absolute Gasteiger partial charge is 0.0154 e. The zero-order chi connectivity index (χ0) is 10.5. The van der Waals surface area contributed by atoms with Gasteiger partial charge in [-0.05, 0) is 27.8 Å². The van der Waals surface area contributed by atoms with E-state index in [1.165, 1.54) is 27.0 Å². The summed E-state index contributed by atoms with van der Waals surface area (Å²) in [6, 6.07) is 13.3. The van der Waals surface area contributed by atoms with Gasteiger partial charge in [0, 0.05) is 10.6 Å². The van der Waals surface area contributed by atoms with Crippen molar-refractivity contribution >= 4 is 22.5 Å². The Labute approximate surface area is 94.7 Å². The lowest BCUT2D eigenvalue weighted by atomic mass is 9.83. The molecule has 0 saturated carbocycles. The van der Waals surface area contributed by atoms with E-state index in [-0.39, 0.29) is 0 Å². The fourth-order valence-corrected chi connectivity index (χ4v) is 3.55. The highest BCUT2D eigenvalue weighted by atomic mass is 32.2. The van der Waals surface area contributed by atoms with Crippen molar-refractivity contribution < 1.29 is 0 Å². The number of benzene rings is 2. The van der Waals surface area contributed by atoms with Gasteiger partial charge in [0.1, 0.15) is 0 Å². The Morgan fingerprint density at radius 3 is 2.60 bits per heavy atom. The second-order valence-corrected chi connectivity index (χ2v) is 5.85. The first-order chi connectivity index (χ1) is 7.18. The molecule has 0 amide bonds. The highest BCUT2D eigenvalue weighted by Gasteiger charge is 2.28. The van der Waals surface area contributed by atoms with Gasteiger partial charge in [0.25, 0.3) is 0 Å². The largest absolute Gasteiger partial charge is 0.125 e.